The first kappa shape index (κ1) is 22.9. The molecule has 2 aromatic rings. The van der Waals surface area contributed by atoms with E-state index in [0.717, 1.165) is 41.5 Å². The molecule has 152 valence electrons. The molecule has 0 aromatic heterocycles. The highest BCUT2D eigenvalue weighted by molar-refractivity contribution is 8.14. The Bertz CT molecular complexity index is 868. The van der Waals surface area contributed by atoms with E-state index in [9.17, 15) is 4.79 Å². The van der Waals surface area contributed by atoms with Crippen LogP contribution in [0.5, 0.6) is 0 Å². The lowest BCUT2D eigenvalue weighted by Gasteiger charge is -2.31. The molecule has 0 saturated heterocycles. The molecule has 0 saturated carbocycles. The maximum Gasteiger partial charge on any atom is 0.324 e. The Balaban J connectivity index is 0.00000145. The van der Waals surface area contributed by atoms with Gasteiger partial charge >= 0.3 is 5.97 Å². The van der Waals surface area contributed by atoms with Gasteiger partial charge in [-0.25, -0.2) is 4.99 Å². The zero-order valence-corrected chi connectivity index (χ0v) is 18.2. The first-order valence-corrected chi connectivity index (χ1v) is 10.7. The molecule has 1 unspecified atom stereocenters. The SMILES string of the molecule is C#C.CCCN1Cc2cc(Cl)ccc2N=C1SC(C(=O)OCC)c1ccccc1. The number of benzene rings is 2. The Labute approximate surface area is 182 Å². The van der Waals surface area contributed by atoms with Crippen LogP contribution in [0.15, 0.2) is 53.5 Å². The summed E-state index contributed by atoms with van der Waals surface area (Å²) >= 11 is 7.60. The fourth-order valence-corrected chi connectivity index (χ4v) is 4.30. The van der Waals surface area contributed by atoms with Gasteiger partial charge in [0, 0.05) is 18.1 Å². The third kappa shape index (κ3) is 6.03. The van der Waals surface area contributed by atoms with Crippen LogP contribution >= 0.6 is 23.4 Å². The number of carbonyl (C=O) groups is 1. The maximum atomic E-state index is 12.6. The Morgan fingerprint density at radius 2 is 1.97 bits per heavy atom. The van der Waals surface area contributed by atoms with Crippen LogP contribution in [0.1, 0.15) is 36.6 Å². The van der Waals surface area contributed by atoms with E-state index in [0.29, 0.717) is 11.6 Å². The topological polar surface area (TPSA) is 41.9 Å². The van der Waals surface area contributed by atoms with Gasteiger partial charge in [-0.15, -0.1) is 12.8 Å². The number of amidine groups is 1. The van der Waals surface area contributed by atoms with Crippen LogP contribution in [0.4, 0.5) is 5.69 Å². The van der Waals surface area contributed by atoms with Crippen molar-refractivity contribution in [2.24, 2.45) is 4.99 Å². The molecule has 0 spiro atoms. The molecule has 1 heterocycles. The van der Waals surface area contributed by atoms with Crippen LogP contribution in [0.25, 0.3) is 0 Å². The molecule has 1 atom stereocenters. The van der Waals surface area contributed by atoms with E-state index in [-0.39, 0.29) is 5.97 Å². The molecule has 3 rings (SSSR count). The number of thioether (sulfide) groups is 1. The summed E-state index contributed by atoms with van der Waals surface area (Å²) in [6, 6.07) is 15.5. The van der Waals surface area contributed by atoms with E-state index in [2.05, 4.69) is 24.7 Å². The normalized spacial score (nSPS) is 13.4. The lowest BCUT2D eigenvalue weighted by atomic mass is 10.1. The number of carbonyl (C=O) groups excluding carboxylic acids is 1. The van der Waals surface area contributed by atoms with Gasteiger partial charge in [-0.3, -0.25) is 4.79 Å². The number of esters is 1. The average molecular weight is 429 g/mol. The van der Waals surface area contributed by atoms with Crippen molar-refractivity contribution in [3.8, 4) is 12.8 Å². The highest BCUT2D eigenvalue weighted by Crippen LogP contribution is 2.37. The van der Waals surface area contributed by atoms with Crippen LogP contribution in [0.3, 0.4) is 0 Å². The maximum absolute atomic E-state index is 12.6. The summed E-state index contributed by atoms with van der Waals surface area (Å²) in [4.78, 5) is 19.7. The molecule has 0 aliphatic carbocycles. The zero-order valence-electron chi connectivity index (χ0n) is 16.7. The lowest BCUT2D eigenvalue weighted by Crippen LogP contribution is -2.32. The van der Waals surface area contributed by atoms with Crippen LogP contribution in [0, 0.1) is 12.8 Å². The molecule has 1 aliphatic rings. The number of hydrogen-bond acceptors (Lipinski definition) is 5. The van der Waals surface area contributed by atoms with Crippen molar-refractivity contribution in [3.05, 3.63) is 64.7 Å². The van der Waals surface area contributed by atoms with Crippen molar-refractivity contribution in [2.45, 2.75) is 32.1 Å². The van der Waals surface area contributed by atoms with Gasteiger partial charge in [-0.1, -0.05) is 60.6 Å². The zero-order chi connectivity index (χ0) is 21.2. The van der Waals surface area contributed by atoms with Gasteiger partial charge in [0.25, 0.3) is 0 Å². The highest BCUT2D eigenvalue weighted by Gasteiger charge is 2.29. The van der Waals surface area contributed by atoms with E-state index in [4.69, 9.17) is 21.3 Å². The highest BCUT2D eigenvalue weighted by atomic mass is 35.5. The van der Waals surface area contributed by atoms with Crippen molar-refractivity contribution >= 4 is 40.2 Å². The minimum absolute atomic E-state index is 0.241. The van der Waals surface area contributed by atoms with Crippen molar-refractivity contribution in [1.82, 2.24) is 4.90 Å². The molecule has 4 nitrogen and oxygen atoms in total. The van der Waals surface area contributed by atoms with Crippen LogP contribution in [0.2, 0.25) is 5.02 Å². The van der Waals surface area contributed by atoms with E-state index in [1.807, 2.05) is 55.5 Å². The molecular formula is C23H25ClN2O2S. The summed E-state index contributed by atoms with van der Waals surface area (Å²) in [5.41, 5.74) is 2.93. The number of ether oxygens (including phenoxy) is 1. The van der Waals surface area contributed by atoms with Crippen molar-refractivity contribution in [2.75, 3.05) is 13.2 Å². The molecule has 6 heteroatoms. The second-order valence-electron chi connectivity index (χ2n) is 6.25. The number of hydrogen-bond donors (Lipinski definition) is 0. The monoisotopic (exact) mass is 428 g/mol. The summed E-state index contributed by atoms with van der Waals surface area (Å²) in [5, 5.41) is 1.11. The minimum atomic E-state index is -0.446. The van der Waals surface area contributed by atoms with Gasteiger partial charge in [-0.05, 0) is 42.7 Å². The molecule has 29 heavy (non-hydrogen) atoms. The Morgan fingerprint density at radius 3 is 2.62 bits per heavy atom. The van der Waals surface area contributed by atoms with Gasteiger partial charge in [-0.2, -0.15) is 0 Å². The fourth-order valence-electron chi connectivity index (χ4n) is 2.99. The van der Waals surface area contributed by atoms with E-state index < -0.39 is 5.25 Å². The van der Waals surface area contributed by atoms with Gasteiger partial charge in [0.15, 0.2) is 5.17 Å². The average Bonchev–Trinajstić information content (AvgIpc) is 2.74. The summed E-state index contributed by atoms with van der Waals surface area (Å²) in [6.45, 7) is 5.92. The first-order chi connectivity index (χ1) is 14.1. The Hall–Kier alpha value is -2.42. The standard InChI is InChI=1S/C21H23ClN2O2S.C2H2/c1-3-12-24-14-16-13-17(22)10-11-18(16)23-21(24)27-19(20(25)26-4-2)15-8-6-5-7-9-15;1-2/h5-11,13,19H,3-4,12,14H2,1-2H3;1-2H. The predicted molar refractivity (Wildman–Crippen MR) is 123 cm³/mol. The molecule has 1 aliphatic heterocycles. The van der Waals surface area contributed by atoms with Crippen LogP contribution in [-0.4, -0.2) is 29.2 Å². The van der Waals surface area contributed by atoms with Crippen molar-refractivity contribution in [1.29, 1.82) is 0 Å². The van der Waals surface area contributed by atoms with Gasteiger partial charge in [0.05, 0.1) is 12.3 Å². The van der Waals surface area contributed by atoms with Gasteiger partial charge < -0.3 is 9.64 Å². The number of halogens is 1. The Kier molecular flexibility index (Phi) is 9.11. The second-order valence-corrected chi connectivity index (χ2v) is 7.76. The van der Waals surface area contributed by atoms with E-state index in [1.54, 1.807) is 0 Å². The molecule has 0 radical (unpaired) electrons. The van der Waals surface area contributed by atoms with Crippen molar-refractivity contribution in [3.63, 3.8) is 0 Å². The molecule has 0 fully saturated rings. The van der Waals surface area contributed by atoms with Crippen molar-refractivity contribution < 1.29 is 9.53 Å². The second kappa shape index (κ2) is 11.5. The quantitative estimate of drug-likeness (QED) is 0.428. The molecule has 0 bridgehead atoms. The lowest BCUT2D eigenvalue weighted by molar-refractivity contribution is -0.142. The smallest absolute Gasteiger partial charge is 0.324 e. The predicted octanol–water partition coefficient (Wildman–Crippen LogP) is 5.84. The number of rotatable bonds is 6. The number of terminal acetylenes is 1. The Morgan fingerprint density at radius 1 is 1.24 bits per heavy atom. The molecule has 0 amide bonds. The number of fused-ring (bicyclic) bond motifs is 1. The number of aliphatic imine (C=N–C) groups is 1. The first-order valence-electron chi connectivity index (χ1n) is 9.46. The van der Waals surface area contributed by atoms with Gasteiger partial charge in [0.1, 0.15) is 5.25 Å². The van der Waals surface area contributed by atoms with E-state index >= 15 is 0 Å². The summed E-state index contributed by atoms with van der Waals surface area (Å²) in [6.07, 6.45) is 8.99. The number of nitrogens with zero attached hydrogens (tertiary/aromatic N) is 2. The summed E-state index contributed by atoms with van der Waals surface area (Å²) in [5.74, 6) is -0.241. The van der Waals surface area contributed by atoms with Crippen LogP contribution in [-0.2, 0) is 16.1 Å². The summed E-state index contributed by atoms with van der Waals surface area (Å²) in [7, 11) is 0. The molecular weight excluding hydrogens is 404 g/mol. The molecule has 2 aromatic carbocycles. The third-order valence-corrected chi connectivity index (χ3v) is 5.70. The van der Waals surface area contributed by atoms with Gasteiger partial charge in [0.2, 0.25) is 0 Å². The van der Waals surface area contributed by atoms with Crippen LogP contribution < -0.4 is 0 Å². The molecule has 0 N–H and O–H groups in total. The largest absolute Gasteiger partial charge is 0.465 e. The minimum Gasteiger partial charge on any atom is -0.465 e. The van der Waals surface area contributed by atoms with E-state index in [1.165, 1.54) is 11.8 Å². The summed E-state index contributed by atoms with van der Waals surface area (Å²) < 4.78 is 5.33. The third-order valence-electron chi connectivity index (χ3n) is 4.21. The fraction of sp³-hybridized carbons (Fsp3) is 0.304.